The molecule has 0 spiro atoms. The summed E-state index contributed by atoms with van der Waals surface area (Å²) in [6, 6.07) is 26.5. The number of pyridine rings is 2. The van der Waals surface area contributed by atoms with E-state index in [0.29, 0.717) is 12.4 Å². The van der Waals surface area contributed by atoms with Gasteiger partial charge in [-0.3, -0.25) is 4.98 Å². The van der Waals surface area contributed by atoms with Gasteiger partial charge in [0.2, 0.25) is 0 Å². The largest absolute Gasteiger partial charge is 0.487 e. The lowest BCUT2D eigenvalue weighted by Gasteiger charge is -2.14. The number of fused-ring (bicyclic) bond motifs is 1. The van der Waals surface area contributed by atoms with Crippen LogP contribution in [0, 0.1) is 0 Å². The average molecular weight is 421 g/mol. The van der Waals surface area contributed by atoms with Crippen molar-refractivity contribution in [2.24, 2.45) is 0 Å². The Balaban J connectivity index is 1.44. The van der Waals surface area contributed by atoms with Crippen molar-refractivity contribution >= 4 is 16.7 Å². The molecule has 32 heavy (non-hydrogen) atoms. The third kappa shape index (κ3) is 4.47. The van der Waals surface area contributed by atoms with Crippen molar-refractivity contribution in [2.45, 2.75) is 19.4 Å². The molecule has 0 atom stereocenters. The number of rotatable bonds is 7. The smallest absolute Gasteiger partial charge is 0.130 e. The van der Waals surface area contributed by atoms with Gasteiger partial charge in [0.1, 0.15) is 18.2 Å². The van der Waals surface area contributed by atoms with Crippen LogP contribution in [0.4, 0.5) is 5.82 Å². The quantitative estimate of drug-likeness (QED) is 0.361. The van der Waals surface area contributed by atoms with Crippen LogP contribution in [0.3, 0.4) is 0 Å². The summed E-state index contributed by atoms with van der Waals surface area (Å²) in [4.78, 5) is 12.1. The van der Waals surface area contributed by atoms with E-state index >= 15 is 0 Å². The highest BCUT2D eigenvalue weighted by Gasteiger charge is 2.10. The normalized spacial score (nSPS) is 11.0. The van der Waals surface area contributed by atoms with Crippen LogP contribution in [-0.4, -0.2) is 15.0 Å². The number of nitrogen functional groups attached to an aromatic ring is 1. The number of aromatic nitrogens is 3. The van der Waals surface area contributed by atoms with Gasteiger partial charge in [-0.25, -0.2) is 4.98 Å². The van der Waals surface area contributed by atoms with E-state index in [2.05, 4.69) is 57.4 Å². The Morgan fingerprint density at radius 1 is 0.812 bits per heavy atom. The maximum Gasteiger partial charge on any atom is 0.130 e. The first-order chi connectivity index (χ1) is 15.7. The molecule has 3 N–H and O–H groups in total. The SMILES string of the molecule is Nc1cccc(CCc2cc(-c3ccc4cc[nH]c4c3)ccc2OCc2ccccn2)n1. The molecule has 0 radical (unpaired) electrons. The van der Waals surface area contributed by atoms with E-state index in [0.717, 1.165) is 46.6 Å². The van der Waals surface area contributed by atoms with Crippen LogP contribution in [0.1, 0.15) is 17.0 Å². The maximum atomic E-state index is 6.17. The molecule has 158 valence electrons. The Morgan fingerprint density at radius 3 is 2.56 bits per heavy atom. The van der Waals surface area contributed by atoms with Gasteiger partial charge in [0, 0.05) is 23.6 Å². The van der Waals surface area contributed by atoms with E-state index in [-0.39, 0.29) is 0 Å². The van der Waals surface area contributed by atoms with E-state index in [4.69, 9.17) is 10.5 Å². The zero-order valence-electron chi connectivity index (χ0n) is 17.7. The van der Waals surface area contributed by atoms with Crippen molar-refractivity contribution in [3.63, 3.8) is 0 Å². The summed E-state index contributed by atoms with van der Waals surface area (Å²) >= 11 is 0. The van der Waals surface area contributed by atoms with E-state index in [1.54, 1.807) is 6.20 Å². The molecule has 0 saturated heterocycles. The van der Waals surface area contributed by atoms with Gasteiger partial charge in [-0.2, -0.15) is 0 Å². The van der Waals surface area contributed by atoms with Crippen molar-refractivity contribution < 1.29 is 4.74 Å². The van der Waals surface area contributed by atoms with Crippen LogP contribution in [0.5, 0.6) is 5.75 Å². The number of aryl methyl sites for hydroxylation is 2. The molecule has 0 fully saturated rings. The second kappa shape index (κ2) is 8.94. The van der Waals surface area contributed by atoms with Crippen molar-refractivity contribution in [2.75, 3.05) is 5.73 Å². The van der Waals surface area contributed by atoms with E-state index in [1.165, 1.54) is 10.9 Å². The van der Waals surface area contributed by atoms with Gasteiger partial charge in [-0.05, 0) is 83.4 Å². The van der Waals surface area contributed by atoms with Crippen molar-refractivity contribution in [1.82, 2.24) is 15.0 Å². The highest BCUT2D eigenvalue weighted by Crippen LogP contribution is 2.30. The first kappa shape index (κ1) is 19.8. The van der Waals surface area contributed by atoms with Gasteiger partial charge in [-0.1, -0.05) is 30.3 Å². The maximum absolute atomic E-state index is 6.17. The molecule has 0 saturated carbocycles. The molecule has 0 bridgehead atoms. The van der Waals surface area contributed by atoms with Gasteiger partial charge in [0.15, 0.2) is 0 Å². The summed E-state index contributed by atoms with van der Waals surface area (Å²) in [6.45, 7) is 0.429. The van der Waals surface area contributed by atoms with Crippen LogP contribution in [0.15, 0.2) is 91.3 Å². The number of H-pyrrole nitrogens is 1. The summed E-state index contributed by atoms with van der Waals surface area (Å²) in [7, 11) is 0. The number of hydrogen-bond acceptors (Lipinski definition) is 4. The monoisotopic (exact) mass is 420 g/mol. The molecule has 5 aromatic rings. The Bertz CT molecular complexity index is 1340. The Hall–Kier alpha value is -4.12. The Kier molecular flexibility index (Phi) is 5.54. The fraction of sp³-hybridized carbons (Fsp3) is 0.111. The fourth-order valence-corrected chi connectivity index (χ4v) is 3.86. The number of hydrogen-bond donors (Lipinski definition) is 2. The molecule has 5 heteroatoms. The standard InChI is InChI=1S/C27H24N4O/c28-27-6-3-5-23(31-27)11-9-22-16-20(21-8-7-19-13-15-30-25(19)17-21)10-12-26(22)32-18-24-4-1-2-14-29-24/h1-8,10,12-17,30H,9,11,18H2,(H2,28,31). The first-order valence-corrected chi connectivity index (χ1v) is 10.7. The van der Waals surface area contributed by atoms with Crippen LogP contribution in [0.2, 0.25) is 0 Å². The lowest BCUT2D eigenvalue weighted by atomic mass is 9.98. The Morgan fingerprint density at radius 2 is 1.69 bits per heavy atom. The molecule has 0 aliphatic carbocycles. The van der Waals surface area contributed by atoms with Gasteiger partial charge in [-0.15, -0.1) is 0 Å². The van der Waals surface area contributed by atoms with Gasteiger partial charge >= 0.3 is 0 Å². The van der Waals surface area contributed by atoms with Crippen molar-refractivity contribution in [1.29, 1.82) is 0 Å². The number of aromatic amines is 1. The minimum Gasteiger partial charge on any atom is -0.487 e. The second-order valence-corrected chi connectivity index (χ2v) is 7.77. The molecular formula is C27H24N4O. The van der Waals surface area contributed by atoms with Gasteiger partial charge in [0.25, 0.3) is 0 Å². The molecule has 2 aromatic carbocycles. The highest BCUT2D eigenvalue weighted by molar-refractivity contribution is 5.85. The fourth-order valence-electron chi connectivity index (χ4n) is 3.86. The number of benzene rings is 2. The van der Waals surface area contributed by atoms with Crippen LogP contribution in [-0.2, 0) is 19.4 Å². The summed E-state index contributed by atoms with van der Waals surface area (Å²) in [5, 5.41) is 1.21. The summed E-state index contributed by atoms with van der Waals surface area (Å²) in [5.41, 5.74) is 12.3. The molecule has 3 aromatic heterocycles. The summed E-state index contributed by atoms with van der Waals surface area (Å²) in [6.07, 6.45) is 5.33. The molecule has 5 nitrogen and oxygen atoms in total. The molecule has 5 rings (SSSR count). The lowest BCUT2D eigenvalue weighted by Crippen LogP contribution is -2.03. The van der Waals surface area contributed by atoms with Crippen LogP contribution >= 0.6 is 0 Å². The molecule has 0 aliphatic rings. The minimum absolute atomic E-state index is 0.429. The molecule has 0 unspecified atom stereocenters. The lowest BCUT2D eigenvalue weighted by molar-refractivity contribution is 0.298. The Labute approximate surface area is 186 Å². The zero-order chi connectivity index (χ0) is 21.8. The number of nitrogens with one attached hydrogen (secondary N) is 1. The molecule has 0 aliphatic heterocycles. The van der Waals surface area contributed by atoms with Crippen molar-refractivity contribution in [3.05, 3.63) is 108 Å². The number of anilines is 1. The van der Waals surface area contributed by atoms with E-state index in [9.17, 15) is 0 Å². The van der Waals surface area contributed by atoms with E-state index < -0.39 is 0 Å². The molecule has 0 amide bonds. The first-order valence-electron chi connectivity index (χ1n) is 10.7. The average Bonchev–Trinajstić information content (AvgIpc) is 3.30. The summed E-state index contributed by atoms with van der Waals surface area (Å²) in [5.74, 6) is 1.41. The highest BCUT2D eigenvalue weighted by atomic mass is 16.5. The number of nitrogens with zero attached hydrogens (tertiary/aromatic N) is 2. The number of nitrogens with two attached hydrogens (primary N) is 1. The number of ether oxygens (including phenoxy) is 1. The summed E-state index contributed by atoms with van der Waals surface area (Å²) < 4.78 is 6.17. The second-order valence-electron chi connectivity index (χ2n) is 7.77. The predicted octanol–water partition coefficient (Wildman–Crippen LogP) is 5.57. The topological polar surface area (TPSA) is 76.8 Å². The van der Waals surface area contributed by atoms with Crippen LogP contribution in [0.25, 0.3) is 22.0 Å². The molecule has 3 heterocycles. The van der Waals surface area contributed by atoms with Gasteiger partial charge in [0.05, 0.1) is 5.69 Å². The van der Waals surface area contributed by atoms with Crippen molar-refractivity contribution in [3.8, 4) is 16.9 Å². The van der Waals surface area contributed by atoms with Crippen LogP contribution < -0.4 is 10.5 Å². The predicted molar refractivity (Wildman–Crippen MR) is 128 cm³/mol. The molecular weight excluding hydrogens is 396 g/mol. The third-order valence-corrected chi connectivity index (χ3v) is 5.53. The van der Waals surface area contributed by atoms with E-state index in [1.807, 2.05) is 42.6 Å². The zero-order valence-corrected chi connectivity index (χ0v) is 17.7. The third-order valence-electron chi connectivity index (χ3n) is 5.53. The minimum atomic E-state index is 0.429. The van der Waals surface area contributed by atoms with Gasteiger partial charge < -0.3 is 15.5 Å².